The number of hydrogen-bond donors (Lipinski definition) is 3. The fraction of sp³-hybridized carbons (Fsp3) is 0.400. The molecule has 128 valence electrons. The first-order valence-electron chi connectivity index (χ1n) is 6.94. The van der Waals surface area contributed by atoms with Crippen LogP contribution in [0.4, 0.5) is 5.69 Å². The first-order valence-corrected chi connectivity index (χ1v) is 6.94. The van der Waals surface area contributed by atoms with Gasteiger partial charge in [-0.3, -0.25) is 14.4 Å². The zero-order valence-electron chi connectivity index (χ0n) is 13.1. The Labute approximate surface area is 141 Å². The molecule has 1 atom stereocenters. The molecule has 0 fully saturated rings. The average Bonchev–Trinajstić information content (AvgIpc) is 2.54. The largest absolute Gasteiger partial charge is 0.469 e. The van der Waals surface area contributed by atoms with Crippen molar-refractivity contribution >= 4 is 35.9 Å². The van der Waals surface area contributed by atoms with Crippen LogP contribution in [0, 0.1) is 5.92 Å². The van der Waals surface area contributed by atoms with Gasteiger partial charge in [0, 0.05) is 30.3 Å². The van der Waals surface area contributed by atoms with Crippen molar-refractivity contribution in [2.75, 3.05) is 25.5 Å². The average molecular weight is 344 g/mol. The molecule has 2 amide bonds. The van der Waals surface area contributed by atoms with Gasteiger partial charge in [0.25, 0.3) is 5.91 Å². The molecule has 0 aliphatic rings. The van der Waals surface area contributed by atoms with E-state index < -0.39 is 0 Å². The van der Waals surface area contributed by atoms with Crippen LogP contribution in [-0.2, 0) is 14.3 Å². The van der Waals surface area contributed by atoms with Crippen molar-refractivity contribution < 1.29 is 19.1 Å². The molecule has 0 aliphatic heterocycles. The Hall–Kier alpha value is -2.12. The van der Waals surface area contributed by atoms with E-state index >= 15 is 0 Å². The van der Waals surface area contributed by atoms with Crippen LogP contribution >= 0.6 is 12.4 Å². The number of nitrogens with two attached hydrogens (primary N) is 1. The smallest absolute Gasteiger partial charge is 0.307 e. The minimum Gasteiger partial charge on any atom is -0.469 e. The van der Waals surface area contributed by atoms with Crippen molar-refractivity contribution in [3.05, 3.63) is 29.8 Å². The molecule has 0 saturated heterocycles. The van der Waals surface area contributed by atoms with Crippen molar-refractivity contribution in [1.29, 1.82) is 0 Å². The summed E-state index contributed by atoms with van der Waals surface area (Å²) >= 11 is 0. The molecule has 23 heavy (non-hydrogen) atoms. The minimum absolute atomic E-state index is 0. The Bertz CT molecular complexity index is 534. The SMILES string of the molecule is COC(=O)CCNC(=O)c1ccc(NC(=O)C(C)CN)cc1.Cl. The molecule has 0 radical (unpaired) electrons. The predicted octanol–water partition coefficient (Wildman–Crippen LogP) is 0.935. The lowest BCUT2D eigenvalue weighted by atomic mass is 10.1. The zero-order chi connectivity index (χ0) is 16.5. The van der Waals surface area contributed by atoms with E-state index in [0.717, 1.165) is 0 Å². The molecule has 1 aromatic carbocycles. The molecule has 8 heteroatoms. The van der Waals surface area contributed by atoms with Gasteiger partial charge in [0.2, 0.25) is 5.91 Å². The van der Waals surface area contributed by atoms with Crippen LogP contribution < -0.4 is 16.4 Å². The van der Waals surface area contributed by atoms with Crippen LogP contribution in [0.5, 0.6) is 0 Å². The van der Waals surface area contributed by atoms with Crippen molar-refractivity contribution in [3.63, 3.8) is 0 Å². The Kier molecular flexibility index (Phi) is 9.60. The maximum absolute atomic E-state index is 11.8. The van der Waals surface area contributed by atoms with Gasteiger partial charge in [0.15, 0.2) is 0 Å². The van der Waals surface area contributed by atoms with E-state index in [2.05, 4.69) is 15.4 Å². The number of ether oxygens (including phenoxy) is 1. The summed E-state index contributed by atoms with van der Waals surface area (Å²) < 4.78 is 4.48. The standard InChI is InChI=1S/C15H21N3O4.ClH/c1-10(9-16)14(20)18-12-5-3-11(4-6-12)15(21)17-8-7-13(19)22-2;/h3-6,10H,7-9,16H2,1-2H3,(H,17,21)(H,18,20);1H. The Morgan fingerprint density at radius 2 is 1.83 bits per heavy atom. The third-order valence-electron chi connectivity index (χ3n) is 3.06. The topological polar surface area (TPSA) is 111 Å². The summed E-state index contributed by atoms with van der Waals surface area (Å²) in [6, 6.07) is 6.46. The van der Waals surface area contributed by atoms with Gasteiger partial charge in [-0.15, -0.1) is 12.4 Å². The normalized spacial score (nSPS) is 10.9. The summed E-state index contributed by atoms with van der Waals surface area (Å²) in [6.07, 6.45) is 0.118. The molecule has 1 rings (SSSR count). The van der Waals surface area contributed by atoms with E-state index in [4.69, 9.17) is 5.73 Å². The number of hydrogen-bond acceptors (Lipinski definition) is 5. The number of nitrogens with one attached hydrogen (secondary N) is 2. The van der Waals surface area contributed by atoms with Gasteiger partial charge in [-0.05, 0) is 24.3 Å². The van der Waals surface area contributed by atoms with E-state index in [9.17, 15) is 14.4 Å². The number of amides is 2. The number of benzene rings is 1. The van der Waals surface area contributed by atoms with Gasteiger partial charge >= 0.3 is 5.97 Å². The van der Waals surface area contributed by atoms with E-state index in [-0.39, 0.29) is 55.6 Å². The summed E-state index contributed by atoms with van der Waals surface area (Å²) in [6.45, 7) is 2.21. The number of halogens is 1. The van der Waals surface area contributed by atoms with Crippen LogP contribution in [0.3, 0.4) is 0 Å². The highest BCUT2D eigenvalue weighted by atomic mass is 35.5. The van der Waals surface area contributed by atoms with Crippen LogP contribution in [0.25, 0.3) is 0 Å². The third kappa shape index (κ3) is 7.12. The quantitative estimate of drug-likeness (QED) is 0.638. The van der Waals surface area contributed by atoms with E-state index in [0.29, 0.717) is 11.3 Å². The molecule has 0 spiro atoms. The van der Waals surface area contributed by atoms with Crippen molar-refractivity contribution in [1.82, 2.24) is 5.32 Å². The Balaban J connectivity index is 0.00000484. The molecular weight excluding hydrogens is 322 g/mol. The van der Waals surface area contributed by atoms with Gasteiger partial charge in [-0.25, -0.2) is 0 Å². The van der Waals surface area contributed by atoms with Crippen molar-refractivity contribution in [2.24, 2.45) is 11.7 Å². The second-order valence-electron chi connectivity index (χ2n) is 4.79. The number of carbonyl (C=O) groups is 3. The monoisotopic (exact) mass is 343 g/mol. The summed E-state index contributed by atoms with van der Waals surface area (Å²) in [5, 5.41) is 5.32. The Morgan fingerprint density at radius 3 is 2.35 bits per heavy atom. The van der Waals surface area contributed by atoms with Crippen LogP contribution in [0.1, 0.15) is 23.7 Å². The third-order valence-corrected chi connectivity index (χ3v) is 3.06. The second-order valence-corrected chi connectivity index (χ2v) is 4.79. The number of carbonyl (C=O) groups excluding carboxylic acids is 3. The lowest BCUT2D eigenvalue weighted by molar-refractivity contribution is -0.140. The van der Waals surface area contributed by atoms with Gasteiger partial charge in [0.05, 0.1) is 13.5 Å². The molecule has 1 aromatic rings. The van der Waals surface area contributed by atoms with Gasteiger partial charge < -0.3 is 21.1 Å². The minimum atomic E-state index is -0.382. The highest BCUT2D eigenvalue weighted by molar-refractivity contribution is 5.96. The zero-order valence-corrected chi connectivity index (χ0v) is 13.9. The fourth-order valence-corrected chi connectivity index (χ4v) is 1.56. The summed E-state index contributed by atoms with van der Waals surface area (Å²) in [4.78, 5) is 34.5. The summed E-state index contributed by atoms with van der Waals surface area (Å²) in [7, 11) is 1.29. The lowest BCUT2D eigenvalue weighted by Gasteiger charge is -2.10. The molecule has 0 saturated carbocycles. The molecule has 4 N–H and O–H groups in total. The highest BCUT2D eigenvalue weighted by Crippen LogP contribution is 2.11. The van der Waals surface area contributed by atoms with E-state index in [1.807, 2.05) is 0 Å². The number of methoxy groups -OCH3 is 1. The maximum atomic E-state index is 11.8. The molecule has 0 bridgehead atoms. The van der Waals surface area contributed by atoms with Crippen LogP contribution in [0.2, 0.25) is 0 Å². The first-order chi connectivity index (χ1) is 10.5. The lowest BCUT2D eigenvalue weighted by Crippen LogP contribution is -2.27. The van der Waals surface area contributed by atoms with E-state index in [1.54, 1.807) is 31.2 Å². The molecule has 0 heterocycles. The summed E-state index contributed by atoms with van der Waals surface area (Å²) in [5.74, 6) is -1.12. The van der Waals surface area contributed by atoms with Crippen LogP contribution in [-0.4, -0.2) is 38.0 Å². The fourth-order valence-electron chi connectivity index (χ4n) is 1.56. The molecule has 0 aromatic heterocycles. The molecule has 0 aliphatic carbocycles. The van der Waals surface area contributed by atoms with Gasteiger partial charge in [0.1, 0.15) is 0 Å². The summed E-state index contributed by atoms with van der Waals surface area (Å²) in [5.41, 5.74) is 6.46. The van der Waals surface area contributed by atoms with E-state index in [1.165, 1.54) is 7.11 Å². The molecule has 7 nitrogen and oxygen atoms in total. The van der Waals surface area contributed by atoms with Crippen LogP contribution in [0.15, 0.2) is 24.3 Å². The second kappa shape index (κ2) is 10.6. The number of esters is 1. The Morgan fingerprint density at radius 1 is 1.22 bits per heavy atom. The van der Waals surface area contributed by atoms with Crippen molar-refractivity contribution in [2.45, 2.75) is 13.3 Å². The number of rotatable bonds is 7. The van der Waals surface area contributed by atoms with Crippen molar-refractivity contribution in [3.8, 4) is 0 Å². The predicted molar refractivity (Wildman–Crippen MR) is 89.5 cm³/mol. The molecule has 1 unspecified atom stereocenters. The first kappa shape index (κ1) is 20.9. The highest BCUT2D eigenvalue weighted by Gasteiger charge is 2.11. The molecular formula is C15H22ClN3O4. The maximum Gasteiger partial charge on any atom is 0.307 e. The van der Waals surface area contributed by atoms with Gasteiger partial charge in [-0.2, -0.15) is 0 Å². The number of anilines is 1. The van der Waals surface area contributed by atoms with Gasteiger partial charge in [-0.1, -0.05) is 6.92 Å².